The van der Waals surface area contributed by atoms with Crippen LogP contribution in [-0.4, -0.2) is 29.3 Å². The van der Waals surface area contributed by atoms with Crippen LogP contribution in [-0.2, 0) is 9.53 Å². The van der Waals surface area contributed by atoms with Gasteiger partial charge < -0.3 is 20.7 Å². The fourth-order valence-corrected chi connectivity index (χ4v) is 2.06. The number of esters is 1. The van der Waals surface area contributed by atoms with Crippen molar-refractivity contribution in [3.05, 3.63) is 23.8 Å². The van der Waals surface area contributed by atoms with Crippen molar-refractivity contribution in [1.29, 1.82) is 0 Å². The van der Waals surface area contributed by atoms with Crippen LogP contribution in [0.25, 0.3) is 0 Å². The Morgan fingerprint density at radius 3 is 2.26 bits per heavy atom. The van der Waals surface area contributed by atoms with Crippen molar-refractivity contribution in [3.8, 4) is 11.5 Å². The molecule has 0 bridgehead atoms. The van der Waals surface area contributed by atoms with Gasteiger partial charge in [-0.1, -0.05) is 13.8 Å². The van der Waals surface area contributed by atoms with Gasteiger partial charge in [0.25, 0.3) is 0 Å². The predicted molar refractivity (Wildman–Crippen MR) is 72.0 cm³/mol. The van der Waals surface area contributed by atoms with Crippen LogP contribution in [0.1, 0.15) is 31.7 Å². The molecule has 0 aliphatic rings. The van der Waals surface area contributed by atoms with Crippen LogP contribution in [0.15, 0.2) is 18.2 Å². The number of rotatable bonds is 5. The van der Waals surface area contributed by atoms with Crippen molar-refractivity contribution in [2.75, 3.05) is 7.11 Å². The number of methoxy groups -OCH3 is 1. The third kappa shape index (κ3) is 4.13. The molecule has 0 fully saturated rings. The van der Waals surface area contributed by atoms with E-state index in [4.69, 9.17) is 5.73 Å². The molecule has 0 radical (unpaired) electrons. The zero-order chi connectivity index (χ0) is 14.6. The van der Waals surface area contributed by atoms with Gasteiger partial charge in [-0.2, -0.15) is 0 Å². The maximum atomic E-state index is 11.3. The minimum Gasteiger partial charge on any atom is -0.508 e. The van der Waals surface area contributed by atoms with E-state index in [1.54, 1.807) is 12.1 Å². The first-order valence-electron chi connectivity index (χ1n) is 6.21. The van der Waals surface area contributed by atoms with Crippen LogP contribution in [0.2, 0.25) is 0 Å². The highest BCUT2D eigenvalue weighted by Crippen LogP contribution is 2.32. The van der Waals surface area contributed by atoms with E-state index >= 15 is 0 Å². The molecule has 0 saturated heterocycles. The SMILES string of the molecule is COC(=O)C(N)CC(C)C(C)c1cc(O)cc(O)c1. The second-order valence-corrected chi connectivity index (χ2v) is 4.91. The van der Waals surface area contributed by atoms with Crippen molar-refractivity contribution in [2.24, 2.45) is 11.7 Å². The van der Waals surface area contributed by atoms with Gasteiger partial charge >= 0.3 is 5.97 Å². The van der Waals surface area contributed by atoms with Crippen molar-refractivity contribution in [2.45, 2.75) is 32.2 Å². The van der Waals surface area contributed by atoms with E-state index in [1.165, 1.54) is 13.2 Å². The smallest absolute Gasteiger partial charge is 0.322 e. The van der Waals surface area contributed by atoms with Crippen LogP contribution in [0.4, 0.5) is 0 Å². The lowest BCUT2D eigenvalue weighted by molar-refractivity contribution is -0.142. The number of carbonyl (C=O) groups excluding carboxylic acids is 1. The lowest BCUT2D eigenvalue weighted by atomic mass is 9.84. The number of nitrogens with two attached hydrogens (primary N) is 1. The quantitative estimate of drug-likeness (QED) is 0.706. The van der Waals surface area contributed by atoms with E-state index in [0.29, 0.717) is 6.42 Å². The number of benzene rings is 1. The third-order valence-electron chi connectivity index (χ3n) is 3.43. The number of ether oxygens (including phenoxy) is 1. The standard InChI is InChI=1S/C14H21NO4/c1-8(4-13(15)14(18)19-3)9(2)10-5-11(16)7-12(17)6-10/h5-9,13,16-17H,4,15H2,1-3H3. The molecule has 5 heteroatoms. The predicted octanol–water partition coefficient (Wildman–Crippen LogP) is 1.73. The molecule has 1 aromatic carbocycles. The Balaban J connectivity index is 2.76. The summed E-state index contributed by atoms with van der Waals surface area (Å²) in [7, 11) is 1.31. The van der Waals surface area contributed by atoms with Crippen LogP contribution in [0.3, 0.4) is 0 Å². The molecule has 1 aromatic rings. The van der Waals surface area contributed by atoms with Crippen molar-refractivity contribution in [3.63, 3.8) is 0 Å². The number of carbonyl (C=O) groups is 1. The number of hydrogen-bond donors (Lipinski definition) is 3. The third-order valence-corrected chi connectivity index (χ3v) is 3.43. The van der Waals surface area contributed by atoms with Gasteiger partial charge in [0.05, 0.1) is 7.11 Å². The van der Waals surface area contributed by atoms with Gasteiger partial charge in [0, 0.05) is 6.07 Å². The zero-order valence-electron chi connectivity index (χ0n) is 11.5. The van der Waals surface area contributed by atoms with E-state index < -0.39 is 12.0 Å². The molecule has 0 aliphatic carbocycles. The van der Waals surface area contributed by atoms with Gasteiger partial charge in [-0.25, -0.2) is 0 Å². The number of phenols is 2. The van der Waals surface area contributed by atoms with E-state index in [2.05, 4.69) is 4.74 Å². The summed E-state index contributed by atoms with van der Waals surface area (Å²) in [5.74, 6) is -0.237. The molecule has 0 spiro atoms. The first kappa shape index (κ1) is 15.3. The lowest BCUT2D eigenvalue weighted by Crippen LogP contribution is -2.34. The first-order chi connectivity index (χ1) is 8.85. The van der Waals surface area contributed by atoms with Gasteiger partial charge in [0.2, 0.25) is 0 Å². The maximum absolute atomic E-state index is 11.3. The van der Waals surface area contributed by atoms with E-state index in [9.17, 15) is 15.0 Å². The maximum Gasteiger partial charge on any atom is 0.322 e. The molecular formula is C14H21NO4. The van der Waals surface area contributed by atoms with E-state index in [-0.39, 0.29) is 23.3 Å². The molecule has 106 valence electrons. The average Bonchev–Trinajstić information content (AvgIpc) is 2.35. The minimum absolute atomic E-state index is 0.0197. The molecule has 0 heterocycles. The van der Waals surface area contributed by atoms with Crippen molar-refractivity contribution in [1.82, 2.24) is 0 Å². The fourth-order valence-electron chi connectivity index (χ4n) is 2.06. The summed E-state index contributed by atoms with van der Waals surface area (Å²) in [6, 6.07) is 3.82. The molecule has 4 N–H and O–H groups in total. The monoisotopic (exact) mass is 267 g/mol. The molecule has 0 amide bonds. The highest BCUT2D eigenvalue weighted by Gasteiger charge is 2.22. The molecule has 0 aliphatic heterocycles. The summed E-state index contributed by atoms with van der Waals surface area (Å²) in [6.07, 6.45) is 0.476. The second-order valence-electron chi connectivity index (χ2n) is 4.91. The van der Waals surface area contributed by atoms with Crippen molar-refractivity contribution >= 4 is 5.97 Å². The molecule has 0 saturated carbocycles. The Hall–Kier alpha value is -1.75. The summed E-state index contributed by atoms with van der Waals surface area (Å²) in [4.78, 5) is 11.3. The summed E-state index contributed by atoms with van der Waals surface area (Å²) in [5.41, 5.74) is 6.54. The molecule has 0 aromatic heterocycles. The van der Waals surface area contributed by atoms with Crippen LogP contribution in [0, 0.1) is 5.92 Å². The number of hydrogen-bond acceptors (Lipinski definition) is 5. The Morgan fingerprint density at radius 1 is 1.26 bits per heavy atom. The Labute approximate surface area is 113 Å². The summed E-state index contributed by atoms with van der Waals surface area (Å²) in [6.45, 7) is 3.93. The van der Waals surface area contributed by atoms with Gasteiger partial charge in [0.1, 0.15) is 17.5 Å². The van der Waals surface area contributed by atoms with Crippen molar-refractivity contribution < 1.29 is 19.7 Å². The van der Waals surface area contributed by atoms with Crippen LogP contribution in [0.5, 0.6) is 11.5 Å². The fraction of sp³-hybridized carbons (Fsp3) is 0.500. The lowest BCUT2D eigenvalue weighted by Gasteiger charge is -2.22. The normalized spacial score (nSPS) is 15.6. The Bertz CT molecular complexity index is 427. The highest BCUT2D eigenvalue weighted by atomic mass is 16.5. The molecular weight excluding hydrogens is 246 g/mol. The van der Waals surface area contributed by atoms with Crippen LogP contribution < -0.4 is 5.73 Å². The van der Waals surface area contributed by atoms with Gasteiger partial charge in [-0.05, 0) is 36.0 Å². The topological polar surface area (TPSA) is 92.8 Å². The average molecular weight is 267 g/mol. The minimum atomic E-state index is -0.659. The largest absolute Gasteiger partial charge is 0.508 e. The van der Waals surface area contributed by atoms with Gasteiger partial charge in [0.15, 0.2) is 0 Å². The second kappa shape index (κ2) is 6.43. The molecule has 3 atom stereocenters. The Morgan fingerprint density at radius 2 is 1.79 bits per heavy atom. The van der Waals surface area contributed by atoms with Crippen LogP contribution >= 0.6 is 0 Å². The summed E-state index contributed by atoms with van der Waals surface area (Å²) in [5, 5.41) is 18.9. The summed E-state index contributed by atoms with van der Waals surface area (Å²) < 4.78 is 4.59. The number of phenolic OH excluding ortho intramolecular Hbond substituents is 2. The van der Waals surface area contributed by atoms with Gasteiger partial charge in [-0.3, -0.25) is 4.79 Å². The highest BCUT2D eigenvalue weighted by molar-refractivity contribution is 5.75. The van der Waals surface area contributed by atoms with E-state index in [1.807, 2.05) is 13.8 Å². The first-order valence-corrected chi connectivity index (χ1v) is 6.21. The zero-order valence-corrected chi connectivity index (χ0v) is 11.5. The molecule has 19 heavy (non-hydrogen) atoms. The Kier molecular flexibility index (Phi) is 5.18. The molecule has 3 unspecified atom stereocenters. The molecule has 5 nitrogen and oxygen atoms in total. The van der Waals surface area contributed by atoms with E-state index in [0.717, 1.165) is 5.56 Å². The summed E-state index contributed by atoms with van der Waals surface area (Å²) >= 11 is 0. The van der Waals surface area contributed by atoms with Gasteiger partial charge in [-0.15, -0.1) is 0 Å². The molecule has 1 rings (SSSR count). The number of aromatic hydroxyl groups is 2.